The van der Waals surface area contributed by atoms with Gasteiger partial charge in [0.25, 0.3) is 0 Å². The van der Waals surface area contributed by atoms with Crippen LogP contribution < -0.4 is 9.47 Å². The van der Waals surface area contributed by atoms with Crippen LogP contribution in [0.4, 0.5) is 0 Å². The minimum atomic E-state index is 0.137. The highest BCUT2D eigenvalue weighted by Gasteiger charge is 2.34. The van der Waals surface area contributed by atoms with Crippen molar-refractivity contribution in [3.05, 3.63) is 57.1 Å². The summed E-state index contributed by atoms with van der Waals surface area (Å²) >= 11 is 12.9. The van der Waals surface area contributed by atoms with Crippen LogP contribution in [0.5, 0.6) is 11.5 Å². The van der Waals surface area contributed by atoms with Crippen molar-refractivity contribution in [2.75, 3.05) is 27.4 Å². The monoisotopic (exact) mass is 548 g/mol. The molecule has 0 aliphatic carbocycles. The summed E-state index contributed by atoms with van der Waals surface area (Å²) in [7, 11) is 3.36. The van der Waals surface area contributed by atoms with Crippen molar-refractivity contribution in [1.29, 1.82) is 0 Å². The second kappa shape index (κ2) is 15.6. The van der Waals surface area contributed by atoms with Gasteiger partial charge in [0.15, 0.2) is 23.8 Å². The van der Waals surface area contributed by atoms with Crippen LogP contribution in [-0.4, -0.2) is 42.8 Å². The molecule has 2 aromatic carbocycles. The maximum atomic E-state index is 9.87. The maximum absolute atomic E-state index is 9.87. The van der Waals surface area contributed by atoms with Gasteiger partial charge in [-0.25, -0.2) is 4.58 Å². The van der Waals surface area contributed by atoms with Crippen molar-refractivity contribution in [3.8, 4) is 11.5 Å². The van der Waals surface area contributed by atoms with E-state index in [2.05, 4.69) is 23.6 Å². The molecule has 1 unspecified atom stereocenters. The summed E-state index contributed by atoms with van der Waals surface area (Å²) in [6.45, 7) is 3.90. The van der Waals surface area contributed by atoms with Gasteiger partial charge in [0, 0.05) is 35.1 Å². The molecular weight excluding hydrogens is 505 g/mol. The Hall–Kier alpha value is -1.75. The first-order valence-electron chi connectivity index (χ1n) is 13.9. The zero-order valence-electron chi connectivity index (χ0n) is 22.8. The number of hydrogen-bond donors (Lipinski definition) is 1. The highest BCUT2D eigenvalue weighted by Crippen LogP contribution is 2.39. The molecule has 1 N–H and O–H groups in total. The Bertz CT molecular complexity index is 1040. The Morgan fingerprint density at radius 3 is 2.19 bits per heavy atom. The summed E-state index contributed by atoms with van der Waals surface area (Å²) in [5, 5.41) is 11.3. The van der Waals surface area contributed by atoms with Crippen LogP contribution in [0.15, 0.2) is 30.3 Å². The number of benzene rings is 2. The SMILES string of the molecule is CCCCCCCCCCCC1=[N+](Cc2cc(Cl)ccc2Cl)CC(CCO)c2cc(OC)c(OC)cc21. The Kier molecular flexibility index (Phi) is 12.6. The largest absolute Gasteiger partial charge is 0.493 e. The van der Waals surface area contributed by atoms with Crippen LogP contribution in [-0.2, 0) is 6.54 Å². The predicted octanol–water partition coefficient (Wildman–Crippen LogP) is 8.41. The van der Waals surface area contributed by atoms with Gasteiger partial charge in [0.2, 0.25) is 0 Å². The van der Waals surface area contributed by atoms with E-state index in [0.717, 1.165) is 41.5 Å². The molecule has 4 nitrogen and oxygen atoms in total. The third-order valence-electron chi connectivity index (χ3n) is 7.49. The van der Waals surface area contributed by atoms with Crippen molar-refractivity contribution in [3.63, 3.8) is 0 Å². The van der Waals surface area contributed by atoms with Gasteiger partial charge in [-0.05, 0) is 48.7 Å². The number of hydrogen-bond acceptors (Lipinski definition) is 3. The Balaban J connectivity index is 1.87. The van der Waals surface area contributed by atoms with Crippen molar-refractivity contribution < 1.29 is 19.2 Å². The summed E-state index contributed by atoms with van der Waals surface area (Å²) in [4.78, 5) is 0. The van der Waals surface area contributed by atoms with Gasteiger partial charge in [-0.15, -0.1) is 0 Å². The Morgan fingerprint density at radius 2 is 1.54 bits per heavy atom. The lowest BCUT2D eigenvalue weighted by atomic mass is 9.84. The topological polar surface area (TPSA) is 41.7 Å². The van der Waals surface area contributed by atoms with Crippen LogP contribution in [0, 0.1) is 0 Å². The van der Waals surface area contributed by atoms with Gasteiger partial charge in [-0.3, -0.25) is 0 Å². The van der Waals surface area contributed by atoms with E-state index in [-0.39, 0.29) is 12.5 Å². The molecule has 2 aromatic rings. The molecule has 1 heterocycles. The molecule has 0 amide bonds. The predicted molar refractivity (Wildman–Crippen MR) is 155 cm³/mol. The Morgan fingerprint density at radius 1 is 0.892 bits per heavy atom. The average molecular weight is 550 g/mol. The maximum Gasteiger partial charge on any atom is 0.184 e. The van der Waals surface area contributed by atoms with Gasteiger partial charge >= 0.3 is 0 Å². The van der Waals surface area contributed by atoms with Crippen molar-refractivity contribution in [1.82, 2.24) is 0 Å². The Labute approximate surface area is 233 Å². The van der Waals surface area contributed by atoms with Crippen LogP contribution in [0.1, 0.15) is 100 Å². The van der Waals surface area contributed by atoms with Crippen LogP contribution in [0.25, 0.3) is 0 Å². The third-order valence-corrected chi connectivity index (χ3v) is 8.10. The van der Waals surface area contributed by atoms with Gasteiger partial charge < -0.3 is 14.6 Å². The zero-order chi connectivity index (χ0) is 26.6. The van der Waals surface area contributed by atoms with Crippen LogP contribution >= 0.6 is 23.2 Å². The smallest absolute Gasteiger partial charge is 0.184 e. The van der Waals surface area contributed by atoms with E-state index >= 15 is 0 Å². The molecular formula is C31H44Cl2NO3+. The number of aliphatic hydroxyl groups excluding tert-OH is 1. The molecule has 0 aromatic heterocycles. The molecule has 1 aliphatic heterocycles. The van der Waals surface area contributed by atoms with E-state index in [4.69, 9.17) is 32.7 Å². The number of unbranched alkanes of at least 4 members (excludes halogenated alkanes) is 8. The molecule has 0 bridgehead atoms. The van der Waals surface area contributed by atoms with Crippen molar-refractivity contribution in [2.24, 2.45) is 0 Å². The van der Waals surface area contributed by atoms with Gasteiger partial charge in [-0.2, -0.15) is 0 Å². The molecule has 0 saturated heterocycles. The number of fused-ring (bicyclic) bond motifs is 1. The lowest BCUT2D eigenvalue weighted by Gasteiger charge is -2.27. The first-order chi connectivity index (χ1) is 18.0. The molecule has 37 heavy (non-hydrogen) atoms. The normalized spacial score (nSPS) is 15.1. The first kappa shape index (κ1) is 29.8. The summed E-state index contributed by atoms with van der Waals surface area (Å²) in [6, 6.07) is 9.89. The minimum Gasteiger partial charge on any atom is -0.493 e. The zero-order valence-corrected chi connectivity index (χ0v) is 24.3. The molecule has 0 saturated carbocycles. The molecule has 204 valence electrons. The minimum absolute atomic E-state index is 0.137. The molecule has 1 aliphatic rings. The molecule has 0 radical (unpaired) electrons. The highest BCUT2D eigenvalue weighted by atomic mass is 35.5. The van der Waals surface area contributed by atoms with Gasteiger partial charge in [0.1, 0.15) is 6.54 Å². The van der Waals surface area contributed by atoms with E-state index in [1.165, 1.54) is 68.2 Å². The van der Waals surface area contributed by atoms with E-state index < -0.39 is 0 Å². The average Bonchev–Trinajstić information content (AvgIpc) is 2.90. The summed E-state index contributed by atoms with van der Waals surface area (Å²) < 4.78 is 13.8. The number of halogens is 2. The second-order valence-corrected chi connectivity index (χ2v) is 11.0. The fourth-order valence-corrected chi connectivity index (χ4v) is 5.83. The number of rotatable bonds is 16. The van der Waals surface area contributed by atoms with Crippen molar-refractivity contribution >= 4 is 28.9 Å². The van der Waals surface area contributed by atoms with E-state index in [9.17, 15) is 5.11 Å². The number of aliphatic hydroxyl groups is 1. The van der Waals surface area contributed by atoms with Gasteiger partial charge in [-0.1, -0.05) is 81.5 Å². The van der Waals surface area contributed by atoms with E-state index in [1.54, 1.807) is 14.2 Å². The van der Waals surface area contributed by atoms with Crippen LogP contribution in [0.2, 0.25) is 10.0 Å². The second-order valence-electron chi connectivity index (χ2n) is 10.1. The van der Waals surface area contributed by atoms with Crippen molar-refractivity contribution in [2.45, 2.75) is 90.0 Å². The summed E-state index contributed by atoms with van der Waals surface area (Å²) in [6.07, 6.45) is 13.4. The lowest BCUT2D eigenvalue weighted by molar-refractivity contribution is -0.549. The fourth-order valence-electron chi connectivity index (χ4n) is 5.46. The van der Waals surface area contributed by atoms with E-state index in [0.29, 0.717) is 18.0 Å². The standard InChI is InChI=1S/C31H44Cl2NO3/c1-4-5-6-7-8-9-10-11-12-13-29-27-20-31(37-3)30(36-2)19-26(27)23(16-17-35)21-34(29)22-24-18-25(32)14-15-28(24)33/h14-15,18-20,23,35H,4-13,16-17,21-22H2,1-3H3/q+1. The molecule has 0 spiro atoms. The summed E-state index contributed by atoms with van der Waals surface area (Å²) in [5.74, 6) is 1.65. The fraction of sp³-hybridized carbons (Fsp3) is 0.581. The molecule has 1 atom stereocenters. The van der Waals surface area contributed by atoms with E-state index in [1.807, 2.05) is 18.2 Å². The first-order valence-corrected chi connectivity index (χ1v) is 14.7. The number of nitrogens with zero attached hydrogens (tertiary/aromatic N) is 1. The number of ether oxygens (including phenoxy) is 2. The highest BCUT2D eigenvalue weighted by molar-refractivity contribution is 6.33. The quantitative estimate of drug-likeness (QED) is 0.169. The molecule has 3 rings (SSSR count). The summed E-state index contributed by atoms with van der Waals surface area (Å²) in [5.41, 5.74) is 4.75. The third kappa shape index (κ3) is 8.37. The lowest BCUT2D eigenvalue weighted by Crippen LogP contribution is -2.33. The molecule has 6 heteroatoms. The molecule has 0 fully saturated rings. The number of methoxy groups -OCH3 is 2. The van der Waals surface area contributed by atoms with Crippen LogP contribution in [0.3, 0.4) is 0 Å². The van der Waals surface area contributed by atoms with Gasteiger partial charge in [0.05, 0.1) is 19.2 Å².